The SMILES string of the molecule is CCSC(=S)SC(C)(C)C(CC(C)(C)C(C)(C#N)CCC(=O)NCCSSC(C)(C)CCC(=O)N(C)C(C)C(=O)OC1CC(=O)N(C)c2cc(cc(OC)c2Cl)C/C(C)=C/C=C/[C@@H](OC)[C@@]2(O)CC(OC(=O)N2)C2(C)C[C@@]1(C)O2)C(N)O. The number of methoxy groups -OCH3 is 2. The van der Waals surface area contributed by atoms with Crippen molar-refractivity contribution in [1.29, 1.82) is 5.26 Å². The van der Waals surface area contributed by atoms with Crippen molar-refractivity contribution in [2.75, 3.05) is 51.3 Å². The first-order valence-electron chi connectivity index (χ1n) is 27.6. The van der Waals surface area contributed by atoms with Crippen LogP contribution < -0.4 is 26.0 Å². The number of rotatable bonds is 23. The van der Waals surface area contributed by atoms with Crippen molar-refractivity contribution in [1.82, 2.24) is 15.5 Å². The van der Waals surface area contributed by atoms with Crippen LogP contribution in [0.25, 0.3) is 0 Å². The number of hydrogen-bond acceptors (Lipinski definition) is 19. The maximum Gasteiger partial charge on any atom is 0.409 e. The van der Waals surface area contributed by atoms with Gasteiger partial charge in [0.1, 0.15) is 56.1 Å². The largest absolute Gasteiger partial charge is 0.495 e. The van der Waals surface area contributed by atoms with Crippen molar-refractivity contribution in [3.8, 4) is 11.8 Å². The monoisotopic (exact) mass is 1260 g/mol. The van der Waals surface area contributed by atoms with Crippen molar-refractivity contribution in [2.24, 2.45) is 22.5 Å². The lowest BCUT2D eigenvalue weighted by molar-refractivity contribution is -0.328. The number of aliphatic hydroxyl groups excluding tert-OH is 1. The second-order valence-corrected chi connectivity index (χ2v) is 31.8. The zero-order valence-electron chi connectivity index (χ0n) is 50.7. The topological polar surface area (TPSA) is 252 Å². The molecule has 1 aromatic carbocycles. The summed E-state index contributed by atoms with van der Waals surface area (Å²) in [5.41, 5.74) is 2.26. The van der Waals surface area contributed by atoms with Gasteiger partial charge in [-0.05, 0) is 117 Å². The minimum absolute atomic E-state index is 0.109. The Kier molecular flexibility index (Phi) is 25.5. The number of carbonyl (C=O) groups is 5. The lowest BCUT2D eigenvalue weighted by Gasteiger charge is -2.59. The number of ether oxygens (including phenoxy) is 5. The number of aliphatic hydroxyl groups is 2. The number of hydrogen-bond donors (Lipinski definition) is 5. The van der Waals surface area contributed by atoms with Crippen LogP contribution in [0, 0.1) is 28.1 Å². The molecule has 10 atom stereocenters. The van der Waals surface area contributed by atoms with Crippen LogP contribution in [-0.4, -0.2) is 152 Å². The molecule has 0 saturated carbocycles. The number of nitriles is 1. The molecule has 18 nitrogen and oxygen atoms in total. The van der Waals surface area contributed by atoms with E-state index in [1.807, 2.05) is 68.4 Å². The fourth-order valence-corrected chi connectivity index (χ4v) is 16.6. The highest BCUT2D eigenvalue weighted by atomic mass is 35.5. The third kappa shape index (κ3) is 18.4. The molecule has 24 heteroatoms. The van der Waals surface area contributed by atoms with E-state index in [1.165, 1.54) is 42.8 Å². The number of allylic oxidation sites excluding steroid dienone is 3. The van der Waals surface area contributed by atoms with Gasteiger partial charge in [-0.15, -0.1) is 23.5 Å². The number of likely N-dealkylation sites (N-methyl/N-ethyl adjacent to an activating group) is 1. The van der Waals surface area contributed by atoms with E-state index in [9.17, 15) is 39.4 Å². The Morgan fingerprint density at radius 2 is 1.77 bits per heavy atom. The number of thioether (sulfide) groups is 2. The van der Waals surface area contributed by atoms with Gasteiger partial charge in [0.15, 0.2) is 5.72 Å². The van der Waals surface area contributed by atoms with Crippen LogP contribution in [0.1, 0.15) is 140 Å². The molecule has 0 aliphatic carbocycles. The smallest absolute Gasteiger partial charge is 0.409 e. The molecule has 82 heavy (non-hydrogen) atoms. The van der Waals surface area contributed by atoms with Crippen LogP contribution in [0.2, 0.25) is 5.02 Å². The van der Waals surface area contributed by atoms with Crippen molar-refractivity contribution in [3.63, 3.8) is 0 Å². The predicted molar refractivity (Wildman–Crippen MR) is 335 cm³/mol. The fourth-order valence-electron chi connectivity index (χ4n) is 10.6. The summed E-state index contributed by atoms with van der Waals surface area (Å²) in [6.45, 7) is 23.2. The predicted octanol–water partition coefficient (Wildman–Crippen LogP) is 9.88. The lowest BCUT2D eigenvalue weighted by atomic mass is 9.60. The average molecular weight is 1260 g/mol. The highest BCUT2D eigenvalue weighted by Gasteiger charge is 2.63. The van der Waals surface area contributed by atoms with Gasteiger partial charge in [-0.25, -0.2) is 9.59 Å². The zero-order valence-corrected chi connectivity index (χ0v) is 55.5. The van der Waals surface area contributed by atoms with E-state index < -0.39 is 81.1 Å². The average Bonchev–Trinajstić information content (AvgIpc) is 2.22. The molecular formula is C58H89ClN6O12S5. The number of amides is 4. The van der Waals surface area contributed by atoms with Gasteiger partial charge in [0.2, 0.25) is 17.7 Å². The number of thiocarbonyl (C=S) groups is 1. The summed E-state index contributed by atoms with van der Waals surface area (Å²) in [7, 11) is 9.14. The van der Waals surface area contributed by atoms with E-state index in [0.29, 0.717) is 49.4 Å². The number of halogens is 1. The molecule has 460 valence electrons. The van der Waals surface area contributed by atoms with E-state index in [0.717, 1.165) is 20.4 Å². The standard InChI is InChI=1S/C58H89ClN6O12S5/c1-17-79-51(78)81-54(8,9)38(48(61)69)31-52(4,5)55(10,34-60)24-21-44(66)62-25-26-80-82-53(6,7)23-22-45(67)64(13)36(3)49(70)75-42-30-46(68)65(14)39-28-37(29-40(73-15)47(39)59)27-35(2)19-18-20-41(74-16)58(72)32-43(76-50(71)63-58)57(12)33-56(42,11)77-57/h18-20,28-29,36,38,41-43,48,69,72H,17,21-27,30-33,61H2,1-16H3,(H,62,66)(H,63,71)/b20-18+,35-19+/t36?,38?,41-,42?,43?,48?,55?,56-,57?,58+/m1/s1. The minimum atomic E-state index is -1.90. The number of fused-ring (bicyclic) bond motifs is 6. The number of nitrogens with two attached hydrogens (primary N) is 1. The van der Waals surface area contributed by atoms with Crippen LogP contribution in [0.3, 0.4) is 0 Å². The molecule has 0 aromatic heterocycles. The number of benzene rings is 1. The lowest BCUT2D eigenvalue weighted by Crippen LogP contribution is -2.72. The second-order valence-electron chi connectivity index (χ2n) is 24.2. The van der Waals surface area contributed by atoms with Crippen molar-refractivity contribution < 1.29 is 57.9 Å². The Hall–Kier alpha value is -3.28. The molecule has 2 fully saturated rings. The number of nitrogens with zero attached hydrogens (tertiary/aromatic N) is 3. The number of esters is 1. The zero-order chi connectivity index (χ0) is 62.0. The van der Waals surface area contributed by atoms with Gasteiger partial charge in [0.05, 0.1) is 30.7 Å². The van der Waals surface area contributed by atoms with Crippen molar-refractivity contribution in [2.45, 2.75) is 198 Å². The Labute approximate surface area is 513 Å². The van der Waals surface area contributed by atoms with Gasteiger partial charge in [-0.1, -0.05) is 90.0 Å². The molecule has 4 aliphatic rings. The highest BCUT2D eigenvalue weighted by molar-refractivity contribution is 8.77. The third-order valence-electron chi connectivity index (χ3n) is 16.4. The summed E-state index contributed by atoms with van der Waals surface area (Å²) in [6, 6.07) is 4.97. The van der Waals surface area contributed by atoms with Gasteiger partial charge in [-0.2, -0.15) is 5.26 Å². The van der Waals surface area contributed by atoms with Crippen LogP contribution in [0.5, 0.6) is 5.75 Å². The first-order chi connectivity index (χ1) is 37.9. The molecule has 4 aliphatic heterocycles. The maximum atomic E-state index is 14.4. The van der Waals surface area contributed by atoms with Gasteiger partial charge >= 0.3 is 12.1 Å². The highest BCUT2D eigenvalue weighted by Crippen LogP contribution is 2.52. The minimum Gasteiger partial charge on any atom is -0.495 e. The summed E-state index contributed by atoms with van der Waals surface area (Å²) >= 11 is 15.5. The third-order valence-corrected chi connectivity index (χ3v) is 22.9. The van der Waals surface area contributed by atoms with Crippen molar-refractivity contribution in [3.05, 3.63) is 46.5 Å². The molecule has 2 saturated heterocycles. The van der Waals surface area contributed by atoms with Crippen molar-refractivity contribution >= 4 is 108 Å². The molecule has 4 heterocycles. The summed E-state index contributed by atoms with van der Waals surface area (Å²) in [5, 5.41) is 38.8. The van der Waals surface area contributed by atoms with E-state index in [-0.39, 0.29) is 59.6 Å². The molecule has 6 N–H and O–H groups in total. The number of nitrogens with one attached hydrogen (secondary N) is 2. The van der Waals surface area contributed by atoms with E-state index in [1.54, 1.807) is 85.5 Å². The summed E-state index contributed by atoms with van der Waals surface area (Å²) in [5.74, 6) is -0.330. The quantitative estimate of drug-likeness (QED) is 0.0225. The molecule has 0 radical (unpaired) electrons. The molecule has 0 spiro atoms. The Morgan fingerprint density at radius 3 is 2.37 bits per heavy atom. The van der Waals surface area contributed by atoms with Gasteiger partial charge in [0.25, 0.3) is 0 Å². The van der Waals surface area contributed by atoms with Crippen LogP contribution >= 0.6 is 68.9 Å². The summed E-state index contributed by atoms with van der Waals surface area (Å²) < 4.78 is 29.8. The fraction of sp³-hybridized carbons (Fsp3) is 0.707. The van der Waals surface area contributed by atoms with E-state index >= 15 is 0 Å². The molecule has 4 amide bonds. The number of alkyl carbamates (subject to hydrolysis) is 1. The van der Waals surface area contributed by atoms with E-state index in [4.69, 9.17) is 53.2 Å². The molecule has 1 aromatic rings. The van der Waals surface area contributed by atoms with Crippen LogP contribution in [-0.2, 0) is 44.5 Å². The molecule has 6 bridgehead atoms. The second kappa shape index (κ2) is 29.4. The Bertz CT molecular complexity index is 2570. The van der Waals surface area contributed by atoms with Crippen LogP contribution in [0.4, 0.5) is 10.5 Å². The van der Waals surface area contributed by atoms with Gasteiger partial charge in [0, 0.05) is 74.6 Å². The number of carbonyl (C=O) groups excluding carboxylic acids is 5. The maximum absolute atomic E-state index is 14.4. The normalized spacial score (nSPS) is 26.4. The Morgan fingerprint density at radius 1 is 1.11 bits per heavy atom. The van der Waals surface area contributed by atoms with Gasteiger partial charge in [-0.3, -0.25) is 19.7 Å². The number of anilines is 1. The first-order valence-corrected chi connectivity index (χ1v) is 32.5. The first kappa shape index (κ1) is 71.2. The summed E-state index contributed by atoms with van der Waals surface area (Å²) in [4.78, 5) is 71.4. The Balaban J connectivity index is 1.39. The molecular weight excluding hydrogens is 1170 g/mol. The van der Waals surface area contributed by atoms with Gasteiger partial charge < -0.3 is 54.7 Å². The molecule has 5 rings (SSSR count). The van der Waals surface area contributed by atoms with E-state index in [2.05, 4.69) is 16.7 Å². The summed E-state index contributed by atoms with van der Waals surface area (Å²) in [6.07, 6.45) is 1.52. The molecule has 7 unspecified atom stereocenters. The van der Waals surface area contributed by atoms with Crippen LogP contribution in [0.15, 0.2) is 35.9 Å².